The zero-order valence-electron chi connectivity index (χ0n) is 10.2. The van der Waals surface area contributed by atoms with E-state index >= 15 is 0 Å². The molecule has 0 heterocycles. The summed E-state index contributed by atoms with van der Waals surface area (Å²) in [5.41, 5.74) is 1.84. The molecule has 19 heavy (non-hydrogen) atoms. The van der Waals surface area contributed by atoms with Crippen LogP contribution in [0.3, 0.4) is 0 Å². The molecule has 98 valence electrons. The Morgan fingerprint density at radius 1 is 1.05 bits per heavy atom. The van der Waals surface area contributed by atoms with Crippen LogP contribution in [0.2, 0.25) is 10.0 Å². The van der Waals surface area contributed by atoms with Crippen molar-refractivity contribution in [1.82, 2.24) is 5.32 Å². The van der Waals surface area contributed by atoms with Crippen molar-refractivity contribution in [2.24, 2.45) is 0 Å². The molecule has 0 fully saturated rings. The maximum absolute atomic E-state index is 11.8. The third-order valence-corrected chi connectivity index (χ3v) is 3.29. The molecule has 2 aromatic rings. The monoisotopic (exact) mass is 293 g/mol. The molecule has 0 spiro atoms. The van der Waals surface area contributed by atoms with Gasteiger partial charge in [0.25, 0.3) is 0 Å². The molecule has 0 aliphatic heterocycles. The van der Waals surface area contributed by atoms with Crippen molar-refractivity contribution in [3.05, 3.63) is 69.7 Å². The van der Waals surface area contributed by atoms with Crippen molar-refractivity contribution in [3.63, 3.8) is 0 Å². The standard InChI is InChI=1S/C15H13Cl2NO/c16-13-7-6-12(14(17)9-13)10-18-15(19)8-11-4-2-1-3-5-11/h1-7,9H,8,10H2,(H,18,19). The molecule has 2 nitrogen and oxygen atoms in total. The van der Waals surface area contributed by atoms with E-state index in [1.807, 2.05) is 36.4 Å². The van der Waals surface area contributed by atoms with Crippen molar-refractivity contribution >= 4 is 29.1 Å². The predicted octanol–water partition coefficient (Wildman–Crippen LogP) is 3.85. The summed E-state index contributed by atoms with van der Waals surface area (Å²) in [6.45, 7) is 0.404. The van der Waals surface area contributed by atoms with Gasteiger partial charge in [0.2, 0.25) is 5.91 Å². The maximum atomic E-state index is 11.8. The third-order valence-electron chi connectivity index (χ3n) is 2.70. The van der Waals surface area contributed by atoms with Gasteiger partial charge in [-0.1, -0.05) is 59.6 Å². The van der Waals surface area contributed by atoms with Gasteiger partial charge in [0.1, 0.15) is 0 Å². The summed E-state index contributed by atoms with van der Waals surface area (Å²) in [6, 6.07) is 14.8. The smallest absolute Gasteiger partial charge is 0.224 e. The molecule has 0 saturated heterocycles. The van der Waals surface area contributed by atoms with E-state index in [2.05, 4.69) is 5.32 Å². The van der Waals surface area contributed by atoms with Gasteiger partial charge < -0.3 is 5.32 Å². The lowest BCUT2D eigenvalue weighted by molar-refractivity contribution is -0.120. The Labute approximate surface area is 122 Å². The maximum Gasteiger partial charge on any atom is 0.224 e. The van der Waals surface area contributed by atoms with E-state index < -0.39 is 0 Å². The van der Waals surface area contributed by atoms with Gasteiger partial charge in [-0.15, -0.1) is 0 Å². The number of carbonyl (C=O) groups is 1. The van der Waals surface area contributed by atoms with E-state index in [-0.39, 0.29) is 5.91 Å². The minimum absolute atomic E-state index is 0.0304. The minimum atomic E-state index is -0.0304. The minimum Gasteiger partial charge on any atom is -0.352 e. The summed E-state index contributed by atoms with van der Waals surface area (Å²) in [5, 5.41) is 3.99. The topological polar surface area (TPSA) is 29.1 Å². The van der Waals surface area contributed by atoms with Gasteiger partial charge in [0.15, 0.2) is 0 Å². The second-order valence-corrected chi connectivity index (χ2v) is 5.02. The lowest BCUT2D eigenvalue weighted by Crippen LogP contribution is -2.24. The lowest BCUT2D eigenvalue weighted by Gasteiger charge is -2.07. The number of rotatable bonds is 4. The highest BCUT2D eigenvalue weighted by molar-refractivity contribution is 6.35. The summed E-state index contributed by atoms with van der Waals surface area (Å²) < 4.78 is 0. The number of amides is 1. The average Bonchev–Trinajstić information content (AvgIpc) is 2.39. The highest BCUT2D eigenvalue weighted by Crippen LogP contribution is 2.20. The van der Waals surface area contributed by atoms with Crippen molar-refractivity contribution in [2.75, 3.05) is 0 Å². The van der Waals surface area contributed by atoms with Crippen molar-refractivity contribution < 1.29 is 4.79 Å². The Kier molecular flexibility index (Phi) is 4.83. The summed E-state index contributed by atoms with van der Waals surface area (Å²) in [5.74, 6) is -0.0304. The van der Waals surface area contributed by atoms with Crippen LogP contribution in [0.5, 0.6) is 0 Å². The number of carbonyl (C=O) groups excluding carboxylic acids is 1. The van der Waals surface area contributed by atoms with Gasteiger partial charge in [-0.25, -0.2) is 0 Å². The molecule has 4 heteroatoms. The largest absolute Gasteiger partial charge is 0.352 e. The third kappa shape index (κ3) is 4.27. The van der Waals surface area contributed by atoms with Crippen molar-refractivity contribution in [1.29, 1.82) is 0 Å². The van der Waals surface area contributed by atoms with Crippen molar-refractivity contribution in [2.45, 2.75) is 13.0 Å². The fourth-order valence-electron chi connectivity index (χ4n) is 1.70. The Hall–Kier alpha value is -1.51. The van der Waals surface area contributed by atoms with Crippen LogP contribution in [0.15, 0.2) is 48.5 Å². The van der Waals surface area contributed by atoms with Crippen LogP contribution < -0.4 is 5.32 Å². The van der Waals surface area contributed by atoms with E-state index in [0.717, 1.165) is 11.1 Å². The van der Waals surface area contributed by atoms with Crippen LogP contribution in [0.25, 0.3) is 0 Å². The number of hydrogen-bond acceptors (Lipinski definition) is 1. The molecule has 0 bridgehead atoms. The summed E-state index contributed by atoms with van der Waals surface area (Å²) >= 11 is 11.9. The molecular formula is C15H13Cl2NO. The molecule has 0 radical (unpaired) electrons. The molecule has 2 rings (SSSR count). The molecular weight excluding hydrogens is 281 g/mol. The highest BCUT2D eigenvalue weighted by Gasteiger charge is 2.05. The summed E-state index contributed by atoms with van der Waals surface area (Å²) in [7, 11) is 0. The first-order valence-corrected chi connectivity index (χ1v) is 6.65. The Morgan fingerprint density at radius 3 is 2.47 bits per heavy atom. The Morgan fingerprint density at radius 2 is 1.79 bits per heavy atom. The average molecular weight is 294 g/mol. The van der Waals surface area contributed by atoms with Gasteiger partial charge in [-0.3, -0.25) is 4.79 Å². The number of benzene rings is 2. The molecule has 0 saturated carbocycles. The van der Waals surface area contributed by atoms with E-state index in [9.17, 15) is 4.79 Å². The molecule has 0 aliphatic rings. The zero-order valence-corrected chi connectivity index (χ0v) is 11.7. The molecule has 1 amide bonds. The molecule has 2 aromatic carbocycles. The van der Waals surface area contributed by atoms with Gasteiger partial charge in [0, 0.05) is 16.6 Å². The number of nitrogens with one attached hydrogen (secondary N) is 1. The zero-order chi connectivity index (χ0) is 13.7. The quantitative estimate of drug-likeness (QED) is 0.911. The molecule has 1 N–H and O–H groups in total. The van der Waals surface area contributed by atoms with Crippen LogP contribution in [0.1, 0.15) is 11.1 Å². The first kappa shape index (κ1) is 13.9. The van der Waals surface area contributed by atoms with Gasteiger partial charge in [-0.05, 0) is 23.3 Å². The molecule has 0 atom stereocenters. The first-order chi connectivity index (χ1) is 9.15. The second-order valence-electron chi connectivity index (χ2n) is 4.17. The summed E-state index contributed by atoms with van der Waals surface area (Å²) in [6.07, 6.45) is 0.367. The van der Waals surface area contributed by atoms with Crippen LogP contribution in [0, 0.1) is 0 Å². The molecule has 0 aliphatic carbocycles. The normalized spacial score (nSPS) is 10.2. The second kappa shape index (κ2) is 6.60. The van der Waals surface area contributed by atoms with Gasteiger partial charge in [0.05, 0.1) is 6.42 Å². The Bertz CT molecular complexity index is 570. The van der Waals surface area contributed by atoms with Crippen LogP contribution >= 0.6 is 23.2 Å². The fraction of sp³-hybridized carbons (Fsp3) is 0.133. The number of halogens is 2. The molecule has 0 aromatic heterocycles. The highest BCUT2D eigenvalue weighted by atomic mass is 35.5. The van der Waals surface area contributed by atoms with Crippen LogP contribution in [-0.2, 0) is 17.8 Å². The van der Waals surface area contributed by atoms with Crippen LogP contribution in [0.4, 0.5) is 0 Å². The van der Waals surface area contributed by atoms with Crippen LogP contribution in [-0.4, -0.2) is 5.91 Å². The fourth-order valence-corrected chi connectivity index (χ4v) is 2.18. The SMILES string of the molecule is O=C(Cc1ccccc1)NCc1ccc(Cl)cc1Cl. The van der Waals surface area contributed by atoms with Crippen molar-refractivity contribution in [3.8, 4) is 0 Å². The van der Waals surface area contributed by atoms with E-state index in [0.29, 0.717) is 23.0 Å². The first-order valence-electron chi connectivity index (χ1n) is 5.90. The van der Waals surface area contributed by atoms with E-state index in [1.54, 1.807) is 12.1 Å². The number of hydrogen-bond donors (Lipinski definition) is 1. The lowest BCUT2D eigenvalue weighted by atomic mass is 10.1. The molecule has 0 unspecified atom stereocenters. The Balaban J connectivity index is 1.90. The summed E-state index contributed by atoms with van der Waals surface area (Å²) in [4.78, 5) is 11.8. The van der Waals surface area contributed by atoms with E-state index in [1.165, 1.54) is 0 Å². The predicted molar refractivity (Wildman–Crippen MR) is 78.5 cm³/mol. The van der Waals surface area contributed by atoms with Gasteiger partial charge >= 0.3 is 0 Å². The van der Waals surface area contributed by atoms with E-state index in [4.69, 9.17) is 23.2 Å². The van der Waals surface area contributed by atoms with Gasteiger partial charge in [-0.2, -0.15) is 0 Å².